The van der Waals surface area contributed by atoms with Crippen molar-refractivity contribution in [2.75, 3.05) is 5.32 Å². The molecule has 1 amide bonds. The summed E-state index contributed by atoms with van der Waals surface area (Å²) in [6.45, 7) is -0.206. The Labute approximate surface area is 113 Å². The third-order valence-electron chi connectivity index (χ3n) is 2.26. The fraction of sp³-hybridized carbons (Fsp3) is 0.100. The molecular formula is C10H10N4O5S. The van der Waals surface area contributed by atoms with Crippen molar-refractivity contribution < 1.29 is 27.5 Å². The number of carbonyl (C=O) groups excluding carboxylic acids is 1. The lowest BCUT2D eigenvalue weighted by Crippen LogP contribution is -2.41. The van der Waals surface area contributed by atoms with Crippen molar-refractivity contribution in [2.45, 2.75) is 11.4 Å². The molecule has 0 bridgehead atoms. The van der Waals surface area contributed by atoms with Crippen molar-refractivity contribution in [3.8, 4) is 5.95 Å². The number of nitrogens with zero attached hydrogens (tertiary/aromatic N) is 2. The second kappa shape index (κ2) is 5.27. The van der Waals surface area contributed by atoms with Crippen LogP contribution in [0.4, 0.5) is 5.69 Å². The number of sulfonamides is 1. The van der Waals surface area contributed by atoms with Gasteiger partial charge in [0.1, 0.15) is 5.95 Å². The van der Waals surface area contributed by atoms with E-state index in [2.05, 4.69) is 15.1 Å². The topological polar surface area (TPSA) is 142 Å². The highest BCUT2D eigenvalue weighted by molar-refractivity contribution is 7.89. The van der Waals surface area contributed by atoms with Gasteiger partial charge in [0.05, 0.1) is 10.2 Å². The van der Waals surface area contributed by atoms with Crippen molar-refractivity contribution in [3.05, 3.63) is 30.5 Å². The molecule has 0 aliphatic heterocycles. The second-order valence-electron chi connectivity index (χ2n) is 3.84. The standard InChI is InChI=1S/C10H10N4O5S/c11-20(17,18)8-3-1-7(2-4-8)12-9(15)5-14-6-10(16)19-13-14/h1-4,6H,5H2,(H3-,11,12,13,15,16,17,18). The monoisotopic (exact) mass is 298 g/mol. The zero-order chi connectivity index (χ0) is 14.8. The molecule has 0 spiro atoms. The van der Waals surface area contributed by atoms with Gasteiger partial charge < -0.3 is 14.9 Å². The average molecular weight is 298 g/mol. The molecule has 2 rings (SSSR count). The Morgan fingerprint density at radius 3 is 2.55 bits per heavy atom. The molecule has 20 heavy (non-hydrogen) atoms. The van der Waals surface area contributed by atoms with Crippen molar-refractivity contribution >= 4 is 21.6 Å². The van der Waals surface area contributed by atoms with Gasteiger partial charge in [0.2, 0.25) is 16.2 Å². The van der Waals surface area contributed by atoms with Crippen molar-refractivity contribution in [2.24, 2.45) is 5.14 Å². The fourth-order valence-electron chi connectivity index (χ4n) is 1.41. The van der Waals surface area contributed by atoms with Gasteiger partial charge in [-0.1, -0.05) is 4.68 Å². The molecule has 0 fully saturated rings. The van der Waals surface area contributed by atoms with Crippen LogP contribution in [0.3, 0.4) is 0 Å². The summed E-state index contributed by atoms with van der Waals surface area (Å²) < 4.78 is 27.4. The van der Waals surface area contributed by atoms with Crippen molar-refractivity contribution in [1.82, 2.24) is 5.27 Å². The lowest BCUT2D eigenvalue weighted by atomic mass is 10.3. The Balaban J connectivity index is 2.01. The first-order valence-electron chi connectivity index (χ1n) is 5.31. The molecule has 1 heterocycles. The molecule has 0 aliphatic rings. The Kier molecular flexibility index (Phi) is 3.68. The van der Waals surface area contributed by atoms with Crippen LogP contribution in [0, 0.1) is 0 Å². The second-order valence-corrected chi connectivity index (χ2v) is 5.40. The van der Waals surface area contributed by atoms with Gasteiger partial charge in [-0.05, 0) is 24.3 Å². The third kappa shape index (κ3) is 3.52. The van der Waals surface area contributed by atoms with Gasteiger partial charge in [0.25, 0.3) is 12.5 Å². The van der Waals surface area contributed by atoms with Crippen LogP contribution < -0.4 is 20.2 Å². The minimum atomic E-state index is -3.77. The number of hydrogen-bond acceptors (Lipinski definition) is 6. The van der Waals surface area contributed by atoms with E-state index in [0.717, 1.165) is 10.9 Å². The molecule has 1 aromatic heterocycles. The summed E-state index contributed by atoms with van der Waals surface area (Å²) in [4.78, 5) is 11.6. The number of nitrogens with two attached hydrogens (primary N) is 1. The zero-order valence-corrected chi connectivity index (χ0v) is 10.8. The number of benzene rings is 1. The molecule has 2 aromatic rings. The molecule has 0 radical (unpaired) electrons. The highest BCUT2D eigenvalue weighted by Crippen LogP contribution is 2.12. The van der Waals surface area contributed by atoms with Gasteiger partial charge in [-0.2, -0.15) is 0 Å². The Morgan fingerprint density at radius 2 is 2.05 bits per heavy atom. The summed E-state index contributed by atoms with van der Waals surface area (Å²) in [6, 6.07) is 5.32. The quantitative estimate of drug-likeness (QED) is 0.646. The minimum absolute atomic E-state index is 0.0580. The number of anilines is 1. The van der Waals surface area contributed by atoms with E-state index in [-0.39, 0.29) is 11.4 Å². The summed E-state index contributed by atoms with van der Waals surface area (Å²) >= 11 is 0. The summed E-state index contributed by atoms with van der Waals surface area (Å²) in [5.41, 5.74) is 0.383. The minimum Gasteiger partial charge on any atom is -0.539 e. The summed E-state index contributed by atoms with van der Waals surface area (Å²) in [5, 5.41) is 21.5. The van der Waals surface area contributed by atoms with Crippen LogP contribution in [0.5, 0.6) is 5.95 Å². The summed E-state index contributed by atoms with van der Waals surface area (Å²) in [5.74, 6) is -1.11. The predicted molar refractivity (Wildman–Crippen MR) is 62.6 cm³/mol. The number of hydrogen-bond donors (Lipinski definition) is 2. The maximum atomic E-state index is 11.6. The molecule has 3 N–H and O–H groups in total. The first-order valence-corrected chi connectivity index (χ1v) is 6.85. The molecule has 0 atom stereocenters. The van der Waals surface area contributed by atoms with E-state index in [9.17, 15) is 18.3 Å². The van der Waals surface area contributed by atoms with Gasteiger partial charge >= 0.3 is 0 Å². The Morgan fingerprint density at radius 1 is 1.40 bits per heavy atom. The van der Waals surface area contributed by atoms with E-state index in [4.69, 9.17) is 5.14 Å². The van der Waals surface area contributed by atoms with Crippen LogP contribution in [0.1, 0.15) is 0 Å². The maximum absolute atomic E-state index is 11.6. The molecule has 0 saturated carbocycles. The lowest BCUT2D eigenvalue weighted by Gasteiger charge is -2.03. The van der Waals surface area contributed by atoms with Crippen LogP contribution in [0.2, 0.25) is 0 Å². The number of nitrogens with one attached hydrogen (secondary N) is 1. The van der Waals surface area contributed by atoms with Gasteiger partial charge in [0, 0.05) is 5.69 Å². The van der Waals surface area contributed by atoms with Gasteiger partial charge in [-0.25, -0.2) is 13.6 Å². The van der Waals surface area contributed by atoms with E-state index >= 15 is 0 Å². The normalized spacial score (nSPS) is 11.2. The number of aromatic nitrogens is 2. The smallest absolute Gasteiger partial charge is 0.292 e. The fourth-order valence-corrected chi connectivity index (χ4v) is 1.93. The van der Waals surface area contributed by atoms with Crippen molar-refractivity contribution in [3.63, 3.8) is 0 Å². The highest BCUT2D eigenvalue weighted by atomic mass is 32.2. The molecule has 1 aromatic carbocycles. The number of carbonyl (C=O) groups is 1. The molecule has 0 unspecified atom stereocenters. The number of rotatable bonds is 4. The van der Waals surface area contributed by atoms with Gasteiger partial charge in [-0.3, -0.25) is 4.79 Å². The molecule has 106 valence electrons. The molecule has 0 saturated heterocycles. The summed E-state index contributed by atoms with van der Waals surface area (Å²) in [6.07, 6.45) is 1.03. The molecule has 9 nitrogen and oxygen atoms in total. The number of amides is 1. The predicted octanol–water partition coefficient (Wildman–Crippen LogP) is -1.68. The SMILES string of the molecule is NS(=O)(=O)c1ccc(NC(=O)C[n+]2cc([O-])on2)cc1. The van der Waals surface area contributed by atoms with Crippen LogP contribution >= 0.6 is 0 Å². The first kappa shape index (κ1) is 14.0. The summed E-state index contributed by atoms with van der Waals surface area (Å²) in [7, 11) is -3.77. The van der Waals surface area contributed by atoms with E-state index in [0.29, 0.717) is 5.69 Å². The zero-order valence-electron chi connectivity index (χ0n) is 10.0. The highest BCUT2D eigenvalue weighted by Gasteiger charge is 2.13. The van der Waals surface area contributed by atoms with Crippen LogP contribution in [0.25, 0.3) is 0 Å². The average Bonchev–Trinajstić information content (AvgIpc) is 2.74. The Bertz CT molecular complexity index is 722. The van der Waals surface area contributed by atoms with E-state index < -0.39 is 21.9 Å². The maximum Gasteiger partial charge on any atom is 0.292 e. The molecule has 10 heteroatoms. The van der Waals surface area contributed by atoms with E-state index in [1.54, 1.807) is 0 Å². The Hall–Kier alpha value is -2.46. The largest absolute Gasteiger partial charge is 0.539 e. The van der Waals surface area contributed by atoms with Crippen LogP contribution in [-0.4, -0.2) is 19.6 Å². The number of primary sulfonamides is 1. The van der Waals surface area contributed by atoms with Gasteiger partial charge in [0.15, 0.2) is 0 Å². The van der Waals surface area contributed by atoms with E-state index in [1.165, 1.54) is 24.3 Å². The third-order valence-corrected chi connectivity index (χ3v) is 3.19. The van der Waals surface area contributed by atoms with Crippen molar-refractivity contribution in [1.29, 1.82) is 0 Å². The van der Waals surface area contributed by atoms with Crippen LogP contribution in [-0.2, 0) is 21.4 Å². The van der Waals surface area contributed by atoms with E-state index in [1.807, 2.05) is 0 Å². The first-order chi connectivity index (χ1) is 9.34. The van der Waals surface area contributed by atoms with Crippen LogP contribution in [0.15, 0.2) is 39.9 Å². The lowest BCUT2D eigenvalue weighted by molar-refractivity contribution is -0.750. The van der Waals surface area contributed by atoms with Gasteiger partial charge in [-0.15, -0.1) is 0 Å². The molecule has 0 aliphatic carbocycles. The molecular weight excluding hydrogens is 288 g/mol.